The predicted molar refractivity (Wildman–Crippen MR) is 69.2 cm³/mol. The maximum absolute atomic E-state index is 11.5. The van der Waals surface area contributed by atoms with Crippen LogP contribution in [0.3, 0.4) is 0 Å². The monoisotopic (exact) mass is 264 g/mol. The molecule has 1 aromatic carbocycles. The smallest absolute Gasteiger partial charge is 0.407 e. The lowest BCUT2D eigenvalue weighted by Gasteiger charge is -2.18. The third kappa shape index (κ3) is 5.76. The number of azide groups is 1. The van der Waals surface area contributed by atoms with Gasteiger partial charge in [-0.15, -0.1) is 0 Å². The Balaban J connectivity index is 2.32. The summed E-state index contributed by atoms with van der Waals surface area (Å²) >= 11 is 0. The molecule has 19 heavy (non-hydrogen) atoms. The fourth-order valence-corrected chi connectivity index (χ4v) is 1.33. The minimum atomic E-state index is -0.944. The lowest BCUT2D eigenvalue weighted by atomic mass is 10.2. The van der Waals surface area contributed by atoms with Crippen molar-refractivity contribution >= 4 is 6.09 Å². The lowest BCUT2D eigenvalue weighted by molar-refractivity contribution is 0.110. The van der Waals surface area contributed by atoms with Crippen LogP contribution in [0.2, 0.25) is 0 Å². The molecule has 0 heterocycles. The van der Waals surface area contributed by atoms with Crippen molar-refractivity contribution in [3.8, 4) is 0 Å². The molecule has 0 aliphatic rings. The summed E-state index contributed by atoms with van der Waals surface area (Å²) in [6.45, 7) is 1.66. The van der Waals surface area contributed by atoms with Gasteiger partial charge in [0.2, 0.25) is 0 Å². The van der Waals surface area contributed by atoms with Gasteiger partial charge in [-0.05, 0) is 18.0 Å². The average molecular weight is 264 g/mol. The van der Waals surface area contributed by atoms with E-state index < -0.39 is 18.2 Å². The number of carbonyl (C=O) groups excluding carboxylic acids is 1. The molecule has 0 aliphatic heterocycles. The molecule has 2 N–H and O–H groups in total. The molecule has 7 heteroatoms. The summed E-state index contributed by atoms with van der Waals surface area (Å²) < 4.78 is 4.99. The number of alkyl carbamates (subject to hydrolysis) is 1. The Morgan fingerprint density at radius 2 is 2.21 bits per heavy atom. The Morgan fingerprint density at radius 3 is 2.84 bits per heavy atom. The van der Waals surface area contributed by atoms with Gasteiger partial charge in [-0.25, -0.2) is 4.79 Å². The molecule has 102 valence electrons. The van der Waals surface area contributed by atoms with E-state index in [2.05, 4.69) is 15.3 Å². The number of aliphatic hydroxyl groups excluding tert-OH is 1. The van der Waals surface area contributed by atoms with Crippen LogP contribution in [0, 0.1) is 0 Å². The van der Waals surface area contributed by atoms with E-state index >= 15 is 0 Å². The Hall–Kier alpha value is -2.24. The zero-order valence-electron chi connectivity index (χ0n) is 10.6. The Labute approximate surface area is 110 Å². The minimum Gasteiger partial charge on any atom is -0.445 e. The number of nitrogens with zero attached hydrogens (tertiary/aromatic N) is 3. The first-order chi connectivity index (χ1) is 9.13. The summed E-state index contributed by atoms with van der Waals surface area (Å²) in [6.07, 6.45) is -1.57. The van der Waals surface area contributed by atoms with Crippen LogP contribution in [0.1, 0.15) is 12.5 Å². The number of amides is 1. The van der Waals surface area contributed by atoms with E-state index in [1.807, 2.05) is 30.3 Å². The fourth-order valence-electron chi connectivity index (χ4n) is 1.33. The van der Waals surface area contributed by atoms with Gasteiger partial charge >= 0.3 is 6.09 Å². The molecular formula is C12H16N4O3. The van der Waals surface area contributed by atoms with Gasteiger partial charge in [0.25, 0.3) is 0 Å². The number of ether oxygens (including phenoxy) is 1. The molecule has 7 nitrogen and oxygen atoms in total. The van der Waals surface area contributed by atoms with Crippen LogP contribution < -0.4 is 5.32 Å². The number of hydrogen-bond acceptors (Lipinski definition) is 4. The number of carbonyl (C=O) groups is 1. The van der Waals surface area contributed by atoms with Gasteiger partial charge in [0.15, 0.2) is 0 Å². The Kier molecular flexibility index (Phi) is 6.21. The highest BCUT2D eigenvalue weighted by Crippen LogP contribution is 2.01. The topological polar surface area (TPSA) is 107 Å². The van der Waals surface area contributed by atoms with Gasteiger partial charge in [0, 0.05) is 4.91 Å². The van der Waals surface area contributed by atoms with E-state index in [0.717, 1.165) is 5.56 Å². The third-order valence-electron chi connectivity index (χ3n) is 2.47. The first-order valence-electron chi connectivity index (χ1n) is 5.79. The van der Waals surface area contributed by atoms with E-state index in [0.29, 0.717) is 0 Å². The van der Waals surface area contributed by atoms with Crippen molar-refractivity contribution in [3.63, 3.8) is 0 Å². The third-order valence-corrected chi connectivity index (χ3v) is 2.47. The van der Waals surface area contributed by atoms with E-state index in [4.69, 9.17) is 10.3 Å². The summed E-state index contributed by atoms with van der Waals surface area (Å²) in [5.41, 5.74) is 9.00. The fraction of sp³-hybridized carbons (Fsp3) is 0.417. The van der Waals surface area contributed by atoms with Crippen LogP contribution in [0.15, 0.2) is 35.4 Å². The van der Waals surface area contributed by atoms with Gasteiger partial charge in [0.05, 0.1) is 18.7 Å². The summed E-state index contributed by atoms with van der Waals surface area (Å²) in [7, 11) is 0. The van der Waals surface area contributed by atoms with Crippen LogP contribution in [-0.4, -0.2) is 29.9 Å². The molecule has 2 atom stereocenters. The second-order valence-corrected chi connectivity index (χ2v) is 3.98. The highest BCUT2D eigenvalue weighted by Gasteiger charge is 2.16. The number of hydrogen-bond donors (Lipinski definition) is 2. The van der Waals surface area contributed by atoms with Crippen molar-refractivity contribution in [2.45, 2.75) is 25.7 Å². The van der Waals surface area contributed by atoms with Crippen LogP contribution in [0.4, 0.5) is 4.79 Å². The molecule has 0 radical (unpaired) electrons. The van der Waals surface area contributed by atoms with Gasteiger partial charge in [0.1, 0.15) is 6.61 Å². The van der Waals surface area contributed by atoms with E-state index in [1.165, 1.54) is 0 Å². The summed E-state index contributed by atoms with van der Waals surface area (Å²) in [4.78, 5) is 14.0. The molecule has 0 fully saturated rings. The van der Waals surface area contributed by atoms with Gasteiger partial charge in [-0.3, -0.25) is 0 Å². The molecule has 0 spiro atoms. The molecule has 0 aliphatic carbocycles. The SMILES string of the molecule is C[C@H](NC(=O)OCc1ccccc1)[C@@H](O)CN=[N+]=[N-]. The molecule has 0 saturated heterocycles. The molecule has 0 aromatic heterocycles. The molecule has 0 bridgehead atoms. The molecule has 0 unspecified atom stereocenters. The zero-order chi connectivity index (χ0) is 14.1. The number of aliphatic hydroxyl groups is 1. The van der Waals surface area contributed by atoms with Crippen LogP contribution >= 0.6 is 0 Å². The summed E-state index contributed by atoms with van der Waals surface area (Å²) in [5.74, 6) is 0. The van der Waals surface area contributed by atoms with E-state index in [-0.39, 0.29) is 13.2 Å². The van der Waals surface area contributed by atoms with Crippen LogP contribution in [0.25, 0.3) is 10.4 Å². The predicted octanol–water partition coefficient (Wildman–Crippen LogP) is 1.97. The largest absolute Gasteiger partial charge is 0.445 e. The number of rotatable bonds is 6. The van der Waals surface area contributed by atoms with Gasteiger partial charge in [-0.2, -0.15) is 0 Å². The normalized spacial score (nSPS) is 12.9. The number of benzene rings is 1. The van der Waals surface area contributed by atoms with Crippen molar-refractivity contribution < 1.29 is 14.6 Å². The first-order valence-corrected chi connectivity index (χ1v) is 5.79. The van der Waals surface area contributed by atoms with Crippen molar-refractivity contribution in [2.24, 2.45) is 5.11 Å². The summed E-state index contributed by atoms with van der Waals surface area (Å²) in [5, 5.41) is 15.2. The van der Waals surface area contributed by atoms with Crippen molar-refractivity contribution in [2.75, 3.05) is 6.54 Å². The van der Waals surface area contributed by atoms with Gasteiger partial charge < -0.3 is 15.2 Å². The highest BCUT2D eigenvalue weighted by molar-refractivity contribution is 5.67. The van der Waals surface area contributed by atoms with E-state index in [9.17, 15) is 9.90 Å². The molecule has 1 aromatic rings. The zero-order valence-corrected chi connectivity index (χ0v) is 10.6. The standard InChI is InChI=1S/C12H16N4O3/c1-9(11(17)7-14-16-13)15-12(18)19-8-10-5-3-2-4-6-10/h2-6,9,11,17H,7-8H2,1H3,(H,15,18)/t9-,11-/m0/s1. The van der Waals surface area contributed by atoms with Crippen molar-refractivity contribution in [1.29, 1.82) is 0 Å². The Morgan fingerprint density at radius 1 is 1.53 bits per heavy atom. The maximum atomic E-state index is 11.5. The van der Waals surface area contributed by atoms with Crippen molar-refractivity contribution in [1.82, 2.24) is 5.32 Å². The molecule has 1 amide bonds. The molecule has 0 saturated carbocycles. The van der Waals surface area contributed by atoms with Crippen molar-refractivity contribution in [3.05, 3.63) is 46.3 Å². The Bertz CT molecular complexity index is 446. The van der Waals surface area contributed by atoms with Gasteiger partial charge in [-0.1, -0.05) is 35.4 Å². The van der Waals surface area contributed by atoms with E-state index in [1.54, 1.807) is 6.92 Å². The number of nitrogens with one attached hydrogen (secondary N) is 1. The second kappa shape index (κ2) is 7.97. The first kappa shape index (κ1) is 14.8. The minimum absolute atomic E-state index is 0.101. The maximum Gasteiger partial charge on any atom is 0.407 e. The highest BCUT2D eigenvalue weighted by atomic mass is 16.5. The lowest BCUT2D eigenvalue weighted by Crippen LogP contribution is -2.42. The molecule has 1 rings (SSSR count). The molecular weight excluding hydrogens is 248 g/mol. The average Bonchev–Trinajstić information content (AvgIpc) is 2.43. The summed E-state index contributed by atoms with van der Waals surface area (Å²) in [6, 6.07) is 8.69. The van der Waals surface area contributed by atoms with Crippen LogP contribution in [0.5, 0.6) is 0 Å². The quantitative estimate of drug-likeness (QED) is 0.466. The van der Waals surface area contributed by atoms with Crippen LogP contribution in [-0.2, 0) is 11.3 Å². The second-order valence-electron chi connectivity index (χ2n) is 3.98.